The van der Waals surface area contributed by atoms with E-state index in [1.54, 1.807) is 0 Å². The van der Waals surface area contributed by atoms with Crippen molar-refractivity contribution < 1.29 is 0 Å². The molecule has 0 atom stereocenters. The Hall–Kier alpha value is -7.14. The highest BCUT2D eigenvalue weighted by atomic mass is 32.2. The zero-order valence-electron chi connectivity index (χ0n) is 31.3. The van der Waals surface area contributed by atoms with Gasteiger partial charge in [0, 0.05) is 42.8 Å². The lowest BCUT2D eigenvalue weighted by atomic mass is 9.67. The molecule has 58 heavy (non-hydrogen) atoms. The highest BCUT2D eigenvalue weighted by Crippen LogP contribution is 2.62. The molecular formula is C54H33N3S. The van der Waals surface area contributed by atoms with Gasteiger partial charge in [0.1, 0.15) is 0 Å². The van der Waals surface area contributed by atoms with Crippen molar-refractivity contribution in [3.63, 3.8) is 0 Å². The van der Waals surface area contributed by atoms with Gasteiger partial charge in [-0.25, -0.2) is 15.0 Å². The average Bonchev–Trinajstić information content (AvgIpc) is 3.58. The minimum atomic E-state index is -0.480. The van der Waals surface area contributed by atoms with Gasteiger partial charge >= 0.3 is 0 Å². The van der Waals surface area contributed by atoms with Gasteiger partial charge in [0.05, 0.1) is 28.0 Å². The Morgan fingerprint density at radius 2 is 0.914 bits per heavy atom. The molecule has 0 radical (unpaired) electrons. The first-order valence-electron chi connectivity index (χ1n) is 19.7. The van der Waals surface area contributed by atoms with Crippen LogP contribution in [0.25, 0.3) is 78.0 Å². The van der Waals surface area contributed by atoms with Crippen LogP contribution in [-0.2, 0) is 5.41 Å². The van der Waals surface area contributed by atoms with Crippen LogP contribution >= 0.6 is 11.8 Å². The maximum atomic E-state index is 5.50. The Labute approximate surface area is 340 Å². The molecule has 12 rings (SSSR count). The summed E-state index contributed by atoms with van der Waals surface area (Å²) >= 11 is 1.87. The summed E-state index contributed by atoms with van der Waals surface area (Å²) in [5.74, 6) is 0.699. The highest BCUT2D eigenvalue weighted by Gasteiger charge is 2.50. The van der Waals surface area contributed by atoms with Gasteiger partial charge in [-0.15, -0.1) is 0 Å². The molecule has 0 N–H and O–H groups in total. The summed E-state index contributed by atoms with van der Waals surface area (Å²) in [6, 6.07) is 71.9. The first kappa shape index (κ1) is 33.0. The summed E-state index contributed by atoms with van der Waals surface area (Å²) in [6.45, 7) is 0. The van der Waals surface area contributed by atoms with Crippen molar-refractivity contribution in [1.82, 2.24) is 15.0 Å². The smallest absolute Gasteiger partial charge is 0.160 e. The van der Waals surface area contributed by atoms with Crippen molar-refractivity contribution in [2.75, 3.05) is 0 Å². The molecule has 0 saturated heterocycles. The third-order valence-electron chi connectivity index (χ3n) is 11.9. The second-order valence-electron chi connectivity index (χ2n) is 15.1. The molecule has 0 unspecified atom stereocenters. The number of hydrogen-bond donors (Lipinski definition) is 0. The third-order valence-corrected chi connectivity index (χ3v) is 13.1. The Morgan fingerprint density at radius 1 is 0.345 bits per heavy atom. The molecule has 0 fully saturated rings. The van der Waals surface area contributed by atoms with Crippen LogP contribution in [0, 0.1) is 0 Å². The normalized spacial score (nSPS) is 13.2. The molecule has 2 aliphatic rings. The van der Waals surface area contributed by atoms with E-state index in [0.29, 0.717) is 5.82 Å². The van der Waals surface area contributed by atoms with Crippen molar-refractivity contribution in [3.05, 3.63) is 222 Å². The van der Waals surface area contributed by atoms with Crippen molar-refractivity contribution in [2.24, 2.45) is 0 Å². The molecule has 0 bridgehead atoms. The zero-order chi connectivity index (χ0) is 38.2. The number of hydrogen-bond acceptors (Lipinski definition) is 4. The molecule has 1 aliphatic heterocycles. The topological polar surface area (TPSA) is 38.7 Å². The Balaban J connectivity index is 1.16. The number of nitrogens with zero attached hydrogens (tertiary/aromatic N) is 3. The number of pyridine rings is 1. The molecule has 0 saturated carbocycles. The van der Waals surface area contributed by atoms with Crippen LogP contribution in [0.3, 0.4) is 0 Å². The molecule has 2 aromatic heterocycles. The first-order chi connectivity index (χ1) is 28.7. The van der Waals surface area contributed by atoms with Gasteiger partial charge in [-0.05, 0) is 81.2 Å². The van der Waals surface area contributed by atoms with E-state index in [4.69, 9.17) is 15.0 Å². The number of fused-ring (bicyclic) bond motifs is 12. The summed E-state index contributed by atoms with van der Waals surface area (Å²) in [5, 5.41) is 3.39. The van der Waals surface area contributed by atoms with E-state index >= 15 is 0 Å². The molecule has 0 amide bonds. The Morgan fingerprint density at radius 3 is 1.60 bits per heavy atom. The van der Waals surface area contributed by atoms with Crippen LogP contribution in [0.2, 0.25) is 0 Å². The molecule has 8 aromatic carbocycles. The van der Waals surface area contributed by atoms with Gasteiger partial charge in [-0.1, -0.05) is 169 Å². The monoisotopic (exact) mass is 755 g/mol. The predicted octanol–water partition coefficient (Wildman–Crippen LogP) is 13.7. The maximum Gasteiger partial charge on any atom is 0.160 e. The van der Waals surface area contributed by atoms with Crippen molar-refractivity contribution >= 4 is 33.4 Å². The molecule has 3 heterocycles. The lowest BCUT2D eigenvalue weighted by Crippen LogP contribution is -2.31. The average molecular weight is 756 g/mol. The molecule has 270 valence electrons. The van der Waals surface area contributed by atoms with Gasteiger partial charge in [0.15, 0.2) is 5.82 Å². The lowest BCUT2D eigenvalue weighted by Gasteiger charge is -2.39. The molecular weight excluding hydrogens is 723 g/mol. The van der Waals surface area contributed by atoms with Crippen molar-refractivity contribution in [2.45, 2.75) is 15.2 Å². The second-order valence-corrected chi connectivity index (χ2v) is 16.2. The van der Waals surface area contributed by atoms with Crippen LogP contribution in [0.4, 0.5) is 0 Å². The molecule has 10 aromatic rings. The quantitative estimate of drug-likeness (QED) is 0.168. The third kappa shape index (κ3) is 4.92. The second kappa shape index (κ2) is 13.0. The zero-order valence-corrected chi connectivity index (χ0v) is 32.1. The van der Waals surface area contributed by atoms with E-state index in [0.717, 1.165) is 55.6 Å². The van der Waals surface area contributed by atoms with Gasteiger partial charge < -0.3 is 0 Å². The van der Waals surface area contributed by atoms with Crippen LogP contribution in [0.1, 0.15) is 22.3 Å². The number of benzene rings is 8. The van der Waals surface area contributed by atoms with Crippen LogP contribution in [0.5, 0.6) is 0 Å². The van der Waals surface area contributed by atoms with Crippen LogP contribution in [0.15, 0.2) is 210 Å². The summed E-state index contributed by atoms with van der Waals surface area (Å²) < 4.78 is 0. The largest absolute Gasteiger partial charge is 0.247 e. The summed E-state index contributed by atoms with van der Waals surface area (Å²) in [4.78, 5) is 18.4. The Bertz CT molecular complexity index is 3150. The highest BCUT2D eigenvalue weighted by molar-refractivity contribution is 7.99. The minimum absolute atomic E-state index is 0.480. The Kier molecular flexibility index (Phi) is 7.38. The SMILES string of the molecule is c1ccc(-c2cc(-c3ccc4nc(-c5ccccc5)c5cc6c(cc5c4c3)-c3ccccc3C63c4ccccc4Sc4ccccc43)nc(-c3ccccc3)n2)cc1. The van der Waals surface area contributed by atoms with E-state index in [1.807, 2.05) is 36.0 Å². The van der Waals surface area contributed by atoms with Gasteiger partial charge in [-0.3, -0.25) is 0 Å². The van der Waals surface area contributed by atoms with E-state index in [1.165, 1.54) is 48.6 Å². The van der Waals surface area contributed by atoms with E-state index in [9.17, 15) is 0 Å². The minimum Gasteiger partial charge on any atom is -0.247 e. The summed E-state index contributed by atoms with van der Waals surface area (Å²) in [5.41, 5.74) is 15.2. The molecule has 1 aliphatic carbocycles. The lowest BCUT2D eigenvalue weighted by molar-refractivity contribution is 0.723. The standard InChI is InChI=1S/C54H33N3S/c1-4-16-34(17-5-1)48-33-49(57-53(56-48)36-20-8-3-9-21-36)37-28-29-47-41(30-37)39-31-40-38-22-10-11-23-43(38)54(46(40)32-42(39)52(55-47)35-18-6-2-7-19-35)44-24-12-14-26-50(44)58-51-27-15-13-25-45(51)54/h1-33H. The molecule has 4 heteroatoms. The van der Waals surface area contributed by atoms with Gasteiger partial charge in [-0.2, -0.15) is 0 Å². The van der Waals surface area contributed by atoms with Crippen molar-refractivity contribution in [3.8, 4) is 56.3 Å². The summed E-state index contributed by atoms with van der Waals surface area (Å²) in [6.07, 6.45) is 0. The van der Waals surface area contributed by atoms with Gasteiger partial charge in [0.2, 0.25) is 0 Å². The summed E-state index contributed by atoms with van der Waals surface area (Å²) in [7, 11) is 0. The maximum absolute atomic E-state index is 5.50. The van der Waals surface area contributed by atoms with Crippen LogP contribution in [-0.4, -0.2) is 15.0 Å². The number of aromatic nitrogens is 3. The van der Waals surface area contributed by atoms with E-state index in [-0.39, 0.29) is 0 Å². The number of rotatable bonds is 4. The molecule has 3 nitrogen and oxygen atoms in total. The predicted molar refractivity (Wildman–Crippen MR) is 238 cm³/mol. The first-order valence-corrected chi connectivity index (χ1v) is 20.5. The van der Waals surface area contributed by atoms with Crippen LogP contribution < -0.4 is 0 Å². The van der Waals surface area contributed by atoms with E-state index in [2.05, 4.69) is 176 Å². The van der Waals surface area contributed by atoms with Gasteiger partial charge in [0.25, 0.3) is 0 Å². The fourth-order valence-electron chi connectivity index (χ4n) is 9.39. The van der Waals surface area contributed by atoms with Crippen molar-refractivity contribution in [1.29, 1.82) is 0 Å². The fourth-order valence-corrected chi connectivity index (χ4v) is 10.6. The fraction of sp³-hybridized carbons (Fsp3) is 0.0185. The van der Waals surface area contributed by atoms with E-state index < -0.39 is 5.41 Å². The molecule has 1 spiro atoms.